The summed E-state index contributed by atoms with van der Waals surface area (Å²) in [6.07, 6.45) is -4.52. The van der Waals surface area contributed by atoms with E-state index >= 15 is 0 Å². The third-order valence-corrected chi connectivity index (χ3v) is 2.50. The lowest BCUT2D eigenvalue weighted by Crippen LogP contribution is -2.09. The third kappa shape index (κ3) is 5.50. The van der Waals surface area contributed by atoms with Crippen LogP contribution in [0.2, 0.25) is 0 Å². The summed E-state index contributed by atoms with van der Waals surface area (Å²) in [5, 5.41) is 11.6. The molecule has 0 aliphatic rings. The van der Waals surface area contributed by atoms with Crippen LogP contribution >= 0.6 is 0 Å². The normalized spacial score (nSPS) is 11.3. The predicted octanol–water partition coefficient (Wildman–Crippen LogP) is 3.11. The average molecular weight is 276 g/mol. The van der Waals surface area contributed by atoms with Gasteiger partial charge in [0.2, 0.25) is 0 Å². The van der Waals surface area contributed by atoms with E-state index in [9.17, 15) is 18.0 Å². The lowest BCUT2D eigenvalue weighted by molar-refractivity contribution is -0.135. The highest BCUT2D eigenvalue weighted by Crippen LogP contribution is 2.23. The van der Waals surface area contributed by atoms with Crippen LogP contribution in [0.4, 0.5) is 24.5 Å². The number of carboxylic acid groups (broad SMARTS) is 1. The lowest BCUT2D eigenvalue weighted by Gasteiger charge is -2.10. The molecule has 1 rings (SSSR count). The molecule has 7 heteroatoms. The van der Waals surface area contributed by atoms with E-state index in [4.69, 9.17) is 10.8 Å². The second-order valence-corrected chi connectivity index (χ2v) is 4.11. The summed E-state index contributed by atoms with van der Waals surface area (Å²) in [6, 6.07) is 4.19. The van der Waals surface area contributed by atoms with E-state index in [-0.39, 0.29) is 17.7 Å². The van der Waals surface area contributed by atoms with Crippen LogP contribution < -0.4 is 11.1 Å². The Morgan fingerprint density at radius 2 is 2.00 bits per heavy atom. The Morgan fingerprint density at radius 3 is 2.53 bits per heavy atom. The molecule has 4 N–H and O–H groups in total. The summed E-state index contributed by atoms with van der Waals surface area (Å²) in [7, 11) is 0. The predicted molar refractivity (Wildman–Crippen MR) is 66.2 cm³/mol. The van der Waals surface area contributed by atoms with Crippen LogP contribution in [0.1, 0.15) is 29.6 Å². The van der Waals surface area contributed by atoms with E-state index in [1.165, 1.54) is 18.2 Å². The number of unbranched alkanes of at least 4 members (excludes halogenated alkanes) is 1. The fourth-order valence-corrected chi connectivity index (χ4v) is 1.53. The molecule has 0 aliphatic heterocycles. The van der Waals surface area contributed by atoms with E-state index < -0.39 is 18.6 Å². The van der Waals surface area contributed by atoms with Gasteiger partial charge in [0.05, 0.1) is 16.9 Å². The molecule has 0 spiro atoms. The first-order valence-corrected chi connectivity index (χ1v) is 5.73. The smallest absolute Gasteiger partial charge is 0.389 e. The molecule has 4 nitrogen and oxygen atoms in total. The fourth-order valence-electron chi connectivity index (χ4n) is 1.53. The number of nitrogens with one attached hydrogen (secondary N) is 1. The number of hydrogen-bond donors (Lipinski definition) is 3. The number of alkyl halides is 3. The first-order chi connectivity index (χ1) is 8.79. The number of rotatable bonds is 6. The number of benzene rings is 1. The van der Waals surface area contributed by atoms with Gasteiger partial charge in [-0.3, -0.25) is 0 Å². The number of anilines is 2. The molecule has 0 atom stereocenters. The molecule has 0 heterocycles. The highest BCUT2D eigenvalue weighted by molar-refractivity contribution is 5.90. The Morgan fingerprint density at radius 1 is 1.32 bits per heavy atom. The van der Waals surface area contributed by atoms with Gasteiger partial charge in [0.15, 0.2) is 0 Å². The number of carboxylic acids is 1. The highest BCUT2D eigenvalue weighted by atomic mass is 19.4. The van der Waals surface area contributed by atoms with Crippen molar-refractivity contribution in [1.82, 2.24) is 0 Å². The SMILES string of the molecule is Nc1cc(C(=O)O)ccc1NCCCCC(F)(F)F. The molecular weight excluding hydrogens is 261 g/mol. The van der Waals surface area contributed by atoms with Crippen molar-refractivity contribution in [3.8, 4) is 0 Å². The summed E-state index contributed by atoms with van der Waals surface area (Å²) in [6.45, 7) is 0.354. The Bertz CT molecular complexity index is 447. The number of nitrogen functional groups attached to an aromatic ring is 1. The van der Waals surface area contributed by atoms with Crippen LogP contribution in [0.5, 0.6) is 0 Å². The molecule has 0 amide bonds. The minimum Gasteiger partial charge on any atom is -0.478 e. The molecule has 0 bridgehead atoms. The maximum Gasteiger partial charge on any atom is 0.389 e. The zero-order valence-electron chi connectivity index (χ0n) is 10.1. The molecule has 0 fully saturated rings. The molecule has 1 aromatic rings. The zero-order valence-corrected chi connectivity index (χ0v) is 10.1. The molecule has 0 aliphatic carbocycles. The van der Waals surface area contributed by atoms with Crippen molar-refractivity contribution in [2.24, 2.45) is 0 Å². The number of aromatic carboxylic acids is 1. The fraction of sp³-hybridized carbons (Fsp3) is 0.417. The van der Waals surface area contributed by atoms with E-state index in [1.807, 2.05) is 0 Å². The van der Waals surface area contributed by atoms with Gasteiger partial charge < -0.3 is 16.2 Å². The van der Waals surface area contributed by atoms with Gasteiger partial charge in [-0.05, 0) is 31.0 Å². The number of hydrogen-bond acceptors (Lipinski definition) is 3. The summed E-state index contributed by atoms with van der Waals surface area (Å²) >= 11 is 0. The van der Waals surface area contributed by atoms with Gasteiger partial charge in [-0.1, -0.05) is 0 Å². The van der Waals surface area contributed by atoms with Crippen molar-refractivity contribution < 1.29 is 23.1 Å². The minimum absolute atomic E-state index is 0.0453. The first kappa shape index (κ1) is 15.1. The van der Waals surface area contributed by atoms with Crippen molar-refractivity contribution in [2.45, 2.75) is 25.4 Å². The minimum atomic E-state index is -4.12. The monoisotopic (exact) mass is 276 g/mol. The van der Waals surface area contributed by atoms with E-state index in [1.54, 1.807) is 0 Å². The molecule has 1 aromatic carbocycles. The summed E-state index contributed by atoms with van der Waals surface area (Å²) in [5.41, 5.74) is 6.49. The lowest BCUT2D eigenvalue weighted by atomic mass is 10.1. The van der Waals surface area contributed by atoms with Crippen LogP contribution in [-0.2, 0) is 0 Å². The maximum atomic E-state index is 11.9. The summed E-state index contributed by atoms with van der Waals surface area (Å²) < 4.78 is 35.7. The maximum absolute atomic E-state index is 11.9. The van der Waals surface area contributed by atoms with E-state index in [2.05, 4.69) is 5.32 Å². The first-order valence-electron chi connectivity index (χ1n) is 5.73. The summed E-state index contributed by atoms with van der Waals surface area (Å²) in [5.74, 6) is -1.08. The standard InChI is InChI=1S/C12H15F3N2O2/c13-12(14,15)5-1-2-6-17-10-4-3-8(11(18)19)7-9(10)16/h3-4,7,17H,1-2,5-6,16H2,(H,18,19). The van der Waals surface area contributed by atoms with Gasteiger partial charge in [-0.25, -0.2) is 4.79 Å². The highest BCUT2D eigenvalue weighted by Gasteiger charge is 2.25. The number of halogens is 3. The van der Waals surface area contributed by atoms with Crippen molar-refractivity contribution >= 4 is 17.3 Å². The van der Waals surface area contributed by atoms with Crippen molar-refractivity contribution in [3.63, 3.8) is 0 Å². The molecule has 0 aromatic heterocycles. The van der Waals surface area contributed by atoms with Gasteiger partial charge in [0.25, 0.3) is 0 Å². The molecular formula is C12H15F3N2O2. The number of carbonyl (C=O) groups is 1. The van der Waals surface area contributed by atoms with Gasteiger partial charge in [0, 0.05) is 13.0 Å². The Kier molecular flexibility index (Phi) is 5.02. The molecule has 106 valence electrons. The molecule has 0 radical (unpaired) electrons. The zero-order chi connectivity index (χ0) is 14.5. The second kappa shape index (κ2) is 6.31. The second-order valence-electron chi connectivity index (χ2n) is 4.11. The van der Waals surface area contributed by atoms with Crippen molar-refractivity contribution in [1.29, 1.82) is 0 Å². The van der Waals surface area contributed by atoms with E-state index in [0.29, 0.717) is 18.7 Å². The quantitative estimate of drug-likeness (QED) is 0.551. The molecule has 0 saturated heterocycles. The number of nitrogens with two attached hydrogens (primary N) is 1. The largest absolute Gasteiger partial charge is 0.478 e. The third-order valence-electron chi connectivity index (χ3n) is 2.50. The topological polar surface area (TPSA) is 75.4 Å². The van der Waals surface area contributed by atoms with Crippen LogP contribution in [0, 0.1) is 0 Å². The van der Waals surface area contributed by atoms with Gasteiger partial charge in [-0.2, -0.15) is 13.2 Å². The van der Waals surface area contributed by atoms with Crippen LogP contribution in [-0.4, -0.2) is 23.8 Å². The van der Waals surface area contributed by atoms with Crippen molar-refractivity contribution in [2.75, 3.05) is 17.6 Å². The molecule has 0 saturated carbocycles. The Hall–Kier alpha value is -1.92. The van der Waals surface area contributed by atoms with Crippen LogP contribution in [0.15, 0.2) is 18.2 Å². The Labute approximate surface area is 108 Å². The van der Waals surface area contributed by atoms with Crippen molar-refractivity contribution in [3.05, 3.63) is 23.8 Å². The van der Waals surface area contributed by atoms with Crippen LogP contribution in [0.3, 0.4) is 0 Å². The van der Waals surface area contributed by atoms with Gasteiger partial charge >= 0.3 is 12.1 Å². The van der Waals surface area contributed by atoms with Gasteiger partial charge in [-0.15, -0.1) is 0 Å². The molecule has 0 unspecified atom stereocenters. The van der Waals surface area contributed by atoms with E-state index in [0.717, 1.165) is 0 Å². The summed E-state index contributed by atoms with van der Waals surface area (Å²) in [4.78, 5) is 10.7. The molecule has 19 heavy (non-hydrogen) atoms. The van der Waals surface area contributed by atoms with Gasteiger partial charge in [0.1, 0.15) is 0 Å². The Balaban J connectivity index is 2.40. The average Bonchev–Trinajstić information content (AvgIpc) is 2.28. The van der Waals surface area contributed by atoms with Crippen LogP contribution in [0.25, 0.3) is 0 Å².